The zero-order valence-corrected chi connectivity index (χ0v) is 13.9. The van der Waals surface area contributed by atoms with Gasteiger partial charge in [0.2, 0.25) is 0 Å². The summed E-state index contributed by atoms with van der Waals surface area (Å²) < 4.78 is 41.5. The van der Waals surface area contributed by atoms with Crippen LogP contribution in [0.2, 0.25) is 0 Å². The van der Waals surface area contributed by atoms with E-state index < -0.39 is 17.3 Å². The normalized spacial score (nSPS) is 12.8. The number of rotatable bonds is 1. The van der Waals surface area contributed by atoms with Crippen molar-refractivity contribution in [3.8, 4) is 11.1 Å². The van der Waals surface area contributed by atoms with E-state index in [0.717, 1.165) is 16.1 Å². The predicted octanol–water partition coefficient (Wildman–Crippen LogP) is 5.02. The number of hydrogen-bond donors (Lipinski definition) is 0. The van der Waals surface area contributed by atoms with Crippen LogP contribution < -0.4 is 0 Å². The highest BCUT2D eigenvalue weighted by atomic mass is 19.4. The molecule has 0 N–H and O–H groups in total. The van der Waals surface area contributed by atoms with Gasteiger partial charge in [0.1, 0.15) is 5.69 Å². The summed E-state index contributed by atoms with van der Waals surface area (Å²) in [5.74, 6) is 0. The lowest BCUT2D eigenvalue weighted by molar-refractivity contribution is -0.142. The first-order chi connectivity index (χ1) is 11.1. The van der Waals surface area contributed by atoms with Gasteiger partial charge >= 0.3 is 6.18 Å². The van der Waals surface area contributed by atoms with Crippen LogP contribution in [0, 0.1) is 6.92 Å². The summed E-state index contributed by atoms with van der Waals surface area (Å²) in [5, 5.41) is 4.11. The van der Waals surface area contributed by atoms with Crippen LogP contribution in [-0.2, 0) is 11.6 Å². The van der Waals surface area contributed by atoms with Crippen molar-refractivity contribution in [3.63, 3.8) is 0 Å². The van der Waals surface area contributed by atoms with Gasteiger partial charge in [-0.25, -0.2) is 9.50 Å². The topological polar surface area (TPSA) is 30.2 Å². The van der Waals surface area contributed by atoms with Crippen molar-refractivity contribution in [1.29, 1.82) is 0 Å². The number of halogens is 3. The second-order valence-corrected chi connectivity index (χ2v) is 6.84. The van der Waals surface area contributed by atoms with Crippen LogP contribution in [0.4, 0.5) is 13.2 Å². The lowest BCUT2D eigenvalue weighted by Gasteiger charge is -2.20. The van der Waals surface area contributed by atoms with Crippen molar-refractivity contribution in [3.05, 3.63) is 53.5 Å². The average Bonchev–Trinajstić information content (AvgIpc) is 2.80. The Labute approximate surface area is 138 Å². The molecule has 0 bridgehead atoms. The van der Waals surface area contributed by atoms with Gasteiger partial charge in [0.15, 0.2) is 5.65 Å². The largest absolute Gasteiger partial charge is 0.433 e. The minimum absolute atomic E-state index is 0.235. The number of benzene rings is 1. The molecule has 0 spiro atoms. The zero-order valence-electron chi connectivity index (χ0n) is 13.9. The van der Waals surface area contributed by atoms with Crippen molar-refractivity contribution >= 4 is 5.65 Å². The van der Waals surface area contributed by atoms with Gasteiger partial charge in [-0.3, -0.25) is 0 Å². The monoisotopic (exact) mass is 333 g/mol. The average molecular weight is 333 g/mol. The predicted molar refractivity (Wildman–Crippen MR) is 86.9 cm³/mol. The van der Waals surface area contributed by atoms with E-state index >= 15 is 0 Å². The number of hydrogen-bond acceptors (Lipinski definition) is 2. The quantitative estimate of drug-likeness (QED) is 0.626. The van der Waals surface area contributed by atoms with E-state index in [1.54, 1.807) is 6.92 Å². The Morgan fingerprint density at radius 3 is 2.17 bits per heavy atom. The molecule has 0 amide bonds. The van der Waals surface area contributed by atoms with Gasteiger partial charge < -0.3 is 0 Å². The lowest BCUT2D eigenvalue weighted by atomic mass is 9.91. The highest BCUT2D eigenvalue weighted by Crippen LogP contribution is 2.36. The smallest absolute Gasteiger partial charge is 0.232 e. The molecule has 3 nitrogen and oxygen atoms in total. The van der Waals surface area contributed by atoms with Gasteiger partial charge in [-0.2, -0.15) is 18.3 Å². The second kappa shape index (κ2) is 5.33. The number of alkyl halides is 3. The molecule has 1 aromatic carbocycles. The van der Waals surface area contributed by atoms with Crippen molar-refractivity contribution in [2.45, 2.75) is 39.3 Å². The van der Waals surface area contributed by atoms with Gasteiger partial charge in [-0.15, -0.1) is 0 Å². The molecule has 6 heteroatoms. The fourth-order valence-corrected chi connectivity index (χ4v) is 2.65. The van der Waals surface area contributed by atoms with E-state index in [2.05, 4.69) is 10.1 Å². The van der Waals surface area contributed by atoms with Gasteiger partial charge in [-0.05, 0) is 18.6 Å². The molecule has 0 atom stereocenters. The van der Waals surface area contributed by atoms with Crippen LogP contribution in [0.25, 0.3) is 16.8 Å². The molecule has 0 unspecified atom stereocenters. The Morgan fingerprint density at radius 2 is 1.62 bits per heavy atom. The maximum absolute atomic E-state index is 13.5. The molecule has 2 aromatic heterocycles. The molecule has 3 rings (SSSR count). The molecule has 0 saturated carbocycles. The number of nitrogens with zero attached hydrogens (tertiary/aromatic N) is 3. The molecule has 2 heterocycles. The summed E-state index contributed by atoms with van der Waals surface area (Å²) in [7, 11) is 0. The summed E-state index contributed by atoms with van der Waals surface area (Å²) in [6.07, 6.45) is -4.51. The molecule has 3 aromatic rings. The summed E-state index contributed by atoms with van der Waals surface area (Å²) in [6.45, 7) is 7.24. The first-order valence-electron chi connectivity index (χ1n) is 7.62. The lowest BCUT2D eigenvalue weighted by Crippen LogP contribution is -2.20. The maximum Gasteiger partial charge on any atom is 0.433 e. The number of fused-ring (bicyclic) bond motifs is 1. The van der Waals surface area contributed by atoms with E-state index in [-0.39, 0.29) is 5.65 Å². The van der Waals surface area contributed by atoms with Gasteiger partial charge in [0.05, 0.1) is 11.4 Å². The Balaban J connectivity index is 2.42. The SMILES string of the molecule is Cc1nn2c(C(F)(F)F)cc(C(C)(C)C)nc2c1-c1ccccc1. The van der Waals surface area contributed by atoms with Crippen molar-refractivity contribution < 1.29 is 13.2 Å². The van der Waals surface area contributed by atoms with Gasteiger partial charge in [0.25, 0.3) is 0 Å². The van der Waals surface area contributed by atoms with Crippen molar-refractivity contribution in [1.82, 2.24) is 14.6 Å². The molecular formula is C18H18F3N3. The highest BCUT2D eigenvalue weighted by molar-refractivity contribution is 5.80. The first kappa shape index (κ1) is 16.5. The van der Waals surface area contributed by atoms with E-state index in [1.807, 2.05) is 51.1 Å². The first-order valence-corrected chi connectivity index (χ1v) is 7.62. The minimum atomic E-state index is -4.51. The molecule has 0 aliphatic rings. The van der Waals surface area contributed by atoms with Gasteiger partial charge in [0, 0.05) is 11.0 Å². The van der Waals surface area contributed by atoms with E-state index in [1.165, 1.54) is 0 Å². The molecule has 0 saturated heterocycles. The second-order valence-electron chi connectivity index (χ2n) is 6.84. The molecule has 0 aliphatic heterocycles. The maximum atomic E-state index is 13.5. The molecule has 0 fully saturated rings. The van der Waals surface area contributed by atoms with Crippen LogP contribution in [-0.4, -0.2) is 14.6 Å². The zero-order chi connectivity index (χ0) is 17.7. The molecular weight excluding hydrogens is 315 g/mol. The molecule has 126 valence electrons. The number of aromatic nitrogens is 3. The summed E-state index contributed by atoms with van der Waals surface area (Å²) in [5.41, 5.74) is 1.27. The molecule has 24 heavy (non-hydrogen) atoms. The highest BCUT2D eigenvalue weighted by Gasteiger charge is 2.37. The van der Waals surface area contributed by atoms with Crippen LogP contribution in [0.3, 0.4) is 0 Å². The third-order valence-electron chi connectivity index (χ3n) is 3.89. The van der Waals surface area contributed by atoms with E-state index in [0.29, 0.717) is 17.0 Å². The van der Waals surface area contributed by atoms with Gasteiger partial charge in [-0.1, -0.05) is 51.1 Å². The van der Waals surface area contributed by atoms with E-state index in [9.17, 15) is 13.2 Å². The number of aryl methyl sites for hydroxylation is 1. The van der Waals surface area contributed by atoms with Crippen LogP contribution in [0.5, 0.6) is 0 Å². The Bertz CT molecular complexity index is 888. The Morgan fingerprint density at radius 1 is 1.00 bits per heavy atom. The fourth-order valence-electron chi connectivity index (χ4n) is 2.65. The standard InChI is InChI=1S/C18H18F3N3/c1-11-15(12-8-6-5-7-9-12)16-22-13(17(2,3)4)10-14(18(19,20)21)24(16)23-11/h5-10H,1-4H3. The minimum Gasteiger partial charge on any atom is -0.232 e. The van der Waals surface area contributed by atoms with Crippen molar-refractivity contribution in [2.24, 2.45) is 0 Å². The van der Waals surface area contributed by atoms with Crippen molar-refractivity contribution in [2.75, 3.05) is 0 Å². The molecule has 0 radical (unpaired) electrons. The summed E-state index contributed by atoms with van der Waals surface area (Å²) >= 11 is 0. The third kappa shape index (κ3) is 2.77. The Kier molecular flexibility index (Phi) is 3.66. The Hall–Kier alpha value is -2.37. The summed E-state index contributed by atoms with van der Waals surface area (Å²) in [6, 6.07) is 10.3. The van der Waals surface area contributed by atoms with Crippen LogP contribution >= 0.6 is 0 Å². The van der Waals surface area contributed by atoms with E-state index in [4.69, 9.17) is 0 Å². The summed E-state index contributed by atoms with van der Waals surface area (Å²) in [4.78, 5) is 4.52. The molecule has 0 aliphatic carbocycles. The van der Waals surface area contributed by atoms with Crippen LogP contribution in [0.15, 0.2) is 36.4 Å². The fraction of sp³-hybridized carbons (Fsp3) is 0.333. The third-order valence-corrected chi connectivity index (χ3v) is 3.89. The van der Waals surface area contributed by atoms with Crippen LogP contribution in [0.1, 0.15) is 37.9 Å².